The summed E-state index contributed by atoms with van der Waals surface area (Å²) in [5.74, 6) is 1.41. The van der Waals surface area contributed by atoms with Gasteiger partial charge in [0.25, 0.3) is 5.56 Å². The smallest absolute Gasteiger partial charge is 0.263 e. The summed E-state index contributed by atoms with van der Waals surface area (Å²) in [6.07, 6.45) is 3.69. The number of fused-ring (bicyclic) bond motifs is 3. The third kappa shape index (κ3) is 3.63. The van der Waals surface area contributed by atoms with Crippen LogP contribution in [0.3, 0.4) is 0 Å². The molecule has 0 unspecified atom stereocenters. The van der Waals surface area contributed by atoms with Crippen molar-refractivity contribution in [2.75, 3.05) is 12.4 Å². The van der Waals surface area contributed by atoms with Gasteiger partial charge in [0.2, 0.25) is 5.78 Å². The summed E-state index contributed by atoms with van der Waals surface area (Å²) in [5, 5.41) is 10.3. The van der Waals surface area contributed by atoms with E-state index in [0.29, 0.717) is 17.7 Å². The fourth-order valence-electron chi connectivity index (χ4n) is 3.95. The minimum atomic E-state index is -0.0433. The van der Waals surface area contributed by atoms with Gasteiger partial charge in [-0.2, -0.15) is 0 Å². The minimum Gasteiger partial charge on any atom is -0.377 e. The Balaban J connectivity index is 1.59. The summed E-state index contributed by atoms with van der Waals surface area (Å²) in [5.41, 5.74) is 3.06. The molecule has 1 aliphatic rings. The van der Waals surface area contributed by atoms with Crippen LogP contribution in [-0.4, -0.2) is 37.6 Å². The minimum absolute atomic E-state index is 0.0433. The number of benzene rings is 2. The van der Waals surface area contributed by atoms with Gasteiger partial charge in [0, 0.05) is 12.4 Å². The molecule has 4 aromatic rings. The quantitative estimate of drug-likeness (QED) is 0.456. The highest BCUT2D eigenvalue weighted by molar-refractivity contribution is 7.99. The lowest BCUT2D eigenvalue weighted by molar-refractivity contribution is 0.0315. The van der Waals surface area contributed by atoms with Gasteiger partial charge in [-0.05, 0) is 43.9 Å². The van der Waals surface area contributed by atoms with Crippen LogP contribution >= 0.6 is 11.8 Å². The van der Waals surface area contributed by atoms with Gasteiger partial charge in [-0.3, -0.25) is 13.8 Å². The Morgan fingerprint density at radius 3 is 2.73 bits per heavy atom. The predicted molar refractivity (Wildman–Crippen MR) is 119 cm³/mol. The first-order chi connectivity index (χ1) is 14.7. The fraction of sp³-hybridized carbons (Fsp3) is 0.348. The maximum absolute atomic E-state index is 13.3. The molecular weight excluding hydrogens is 396 g/mol. The second-order valence-corrected chi connectivity index (χ2v) is 8.80. The Bertz CT molecular complexity index is 1240. The largest absolute Gasteiger partial charge is 0.377 e. The van der Waals surface area contributed by atoms with Crippen LogP contribution in [-0.2, 0) is 11.3 Å². The van der Waals surface area contributed by atoms with Gasteiger partial charge in [-0.15, -0.1) is 10.2 Å². The lowest BCUT2D eigenvalue weighted by atomic mass is 10.1. The molecular formula is C23H24N4O2S. The van der Waals surface area contributed by atoms with E-state index in [1.54, 1.807) is 16.3 Å². The van der Waals surface area contributed by atoms with E-state index < -0.39 is 0 Å². The summed E-state index contributed by atoms with van der Waals surface area (Å²) in [6, 6.07) is 15.9. The van der Waals surface area contributed by atoms with E-state index in [1.807, 2.05) is 28.7 Å². The van der Waals surface area contributed by atoms with E-state index in [2.05, 4.69) is 41.4 Å². The number of thioether (sulfide) groups is 1. The van der Waals surface area contributed by atoms with E-state index in [-0.39, 0.29) is 11.7 Å². The van der Waals surface area contributed by atoms with Crippen LogP contribution < -0.4 is 5.56 Å². The Labute approximate surface area is 178 Å². The molecule has 0 saturated carbocycles. The van der Waals surface area contributed by atoms with Crippen molar-refractivity contribution in [3.63, 3.8) is 0 Å². The molecule has 0 amide bonds. The second-order valence-electron chi connectivity index (χ2n) is 7.81. The van der Waals surface area contributed by atoms with Crippen LogP contribution in [0.25, 0.3) is 16.7 Å². The Kier molecular flexibility index (Phi) is 5.31. The van der Waals surface area contributed by atoms with Gasteiger partial charge < -0.3 is 4.74 Å². The molecule has 154 valence electrons. The molecule has 5 rings (SSSR count). The van der Waals surface area contributed by atoms with Gasteiger partial charge in [0.05, 0.1) is 23.6 Å². The van der Waals surface area contributed by atoms with E-state index in [1.165, 1.54) is 12.0 Å². The maximum atomic E-state index is 13.3. The molecule has 2 aromatic heterocycles. The average Bonchev–Trinajstić information content (AvgIpc) is 3.21. The Hall–Kier alpha value is -2.64. The van der Waals surface area contributed by atoms with Gasteiger partial charge in [0.1, 0.15) is 0 Å². The van der Waals surface area contributed by atoms with Crippen molar-refractivity contribution in [1.82, 2.24) is 19.2 Å². The highest BCUT2D eigenvalue weighted by Gasteiger charge is 2.19. The number of para-hydroxylation sites is 1. The number of hydrogen-bond acceptors (Lipinski definition) is 5. The van der Waals surface area contributed by atoms with E-state index in [9.17, 15) is 4.79 Å². The summed E-state index contributed by atoms with van der Waals surface area (Å²) >= 11 is 1.65. The number of aromatic nitrogens is 4. The van der Waals surface area contributed by atoms with E-state index >= 15 is 0 Å². The zero-order valence-electron chi connectivity index (χ0n) is 17.0. The van der Waals surface area contributed by atoms with Crippen LogP contribution in [0, 0.1) is 6.92 Å². The molecule has 0 aliphatic carbocycles. The van der Waals surface area contributed by atoms with Crippen molar-refractivity contribution >= 4 is 28.4 Å². The zero-order chi connectivity index (χ0) is 20.5. The van der Waals surface area contributed by atoms with Crippen molar-refractivity contribution < 1.29 is 4.74 Å². The van der Waals surface area contributed by atoms with Gasteiger partial charge in [-0.25, -0.2) is 0 Å². The lowest BCUT2D eigenvalue weighted by Gasteiger charge is -2.21. The van der Waals surface area contributed by atoms with Crippen LogP contribution in [0.4, 0.5) is 0 Å². The molecule has 1 aliphatic heterocycles. The Morgan fingerprint density at radius 2 is 1.93 bits per heavy atom. The summed E-state index contributed by atoms with van der Waals surface area (Å²) in [4.78, 5) is 13.3. The van der Waals surface area contributed by atoms with Crippen LogP contribution in [0.2, 0.25) is 0 Å². The molecule has 6 nitrogen and oxygen atoms in total. The maximum Gasteiger partial charge on any atom is 0.263 e. The van der Waals surface area contributed by atoms with Gasteiger partial charge >= 0.3 is 0 Å². The first-order valence-corrected chi connectivity index (χ1v) is 11.4. The standard InChI is InChI=1S/C23H24N4O2S/c1-16-9-11-17(12-10-16)14-26-21(28)19-7-2-3-8-20(19)27-22(26)24-25-23(27)30-15-18-6-4-5-13-29-18/h2-3,7-12,18H,4-6,13-15H2,1H3/t18-/m0/s1. The van der Waals surface area contributed by atoms with Crippen LogP contribution in [0.1, 0.15) is 30.4 Å². The first kappa shape index (κ1) is 19.3. The van der Waals surface area contributed by atoms with Crippen molar-refractivity contribution in [3.05, 3.63) is 70.0 Å². The molecule has 1 fully saturated rings. The SMILES string of the molecule is Cc1ccc(Cn2c(=O)c3ccccc3n3c(SC[C@@H]4CCCCO4)nnc23)cc1. The van der Waals surface area contributed by atoms with Crippen LogP contribution in [0.5, 0.6) is 0 Å². The molecule has 2 aromatic carbocycles. The zero-order valence-corrected chi connectivity index (χ0v) is 17.8. The molecule has 1 atom stereocenters. The van der Waals surface area contributed by atoms with Crippen molar-refractivity contribution in [3.8, 4) is 0 Å². The topological polar surface area (TPSA) is 61.4 Å². The monoisotopic (exact) mass is 420 g/mol. The number of nitrogens with zero attached hydrogens (tertiary/aromatic N) is 4. The average molecular weight is 421 g/mol. The fourth-order valence-corrected chi connectivity index (χ4v) is 4.96. The molecule has 0 spiro atoms. The summed E-state index contributed by atoms with van der Waals surface area (Å²) in [6.45, 7) is 3.36. The number of aryl methyl sites for hydroxylation is 1. The summed E-state index contributed by atoms with van der Waals surface area (Å²) < 4.78 is 9.61. The molecule has 0 N–H and O–H groups in total. The van der Waals surface area contributed by atoms with Gasteiger partial charge in [-0.1, -0.05) is 53.7 Å². The molecule has 30 heavy (non-hydrogen) atoms. The Morgan fingerprint density at radius 1 is 1.10 bits per heavy atom. The second kappa shape index (κ2) is 8.24. The van der Waals surface area contributed by atoms with Crippen molar-refractivity contribution in [2.24, 2.45) is 0 Å². The van der Waals surface area contributed by atoms with Crippen molar-refractivity contribution in [1.29, 1.82) is 0 Å². The van der Waals surface area contributed by atoms with E-state index in [0.717, 1.165) is 41.4 Å². The van der Waals surface area contributed by atoms with E-state index in [4.69, 9.17) is 4.74 Å². The molecule has 1 saturated heterocycles. The predicted octanol–water partition coefficient (Wildman–Crippen LogP) is 4.06. The number of hydrogen-bond donors (Lipinski definition) is 0. The molecule has 3 heterocycles. The highest BCUT2D eigenvalue weighted by Crippen LogP contribution is 2.25. The molecule has 0 radical (unpaired) electrons. The highest BCUT2D eigenvalue weighted by atomic mass is 32.2. The van der Waals surface area contributed by atoms with Crippen LogP contribution in [0.15, 0.2) is 58.5 Å². The summed E-state index contributed by atoms with van der Waals surface area (Å²) in [7, 11) is 0. The number of ether oxygens (including phenoxy) is 1. The lowest BCUT2D eigenvalue weighted by Crippen LogP contribution is -2.24. The third-order valence-corrected chi connectivity index (χ3v) is 6.67. The van der Waals surface area contributed by atoms with Gasteiger partial charge in [0.15, 0.2) is 5.16 Å². The molecule has 7 heteroatoms. The molecule has 0 bridgehead atoms. The first-order valence-electron chi connectivity index (χ1n) is 10.4. The normalized spacial score (nSPS) is 17.0. The third-order valence-electron chi connectivity index (χ3n) is 5.61. The van der Waals surface area contributed by atoms with Crippen molar-refractivity contribution in [2.45, 2.75) is 44.0 Å². The number of rotatable bonds is 5.